The van der Waals surface area contributed by atoms with E-state index in [-0.39, 0.29) is 12.5 Å². The molecule has 3 heterocycles. The molecule has 1 aliphatic rings. The Bertz CT molecular complexity index is 993. The van der Waals surface area contributed by atoms with Crippen LogP contribution in [0.2, 0.25) is 6.82 Å². The van der Waals surface area contributed by atoms with Gasteiger partial charge >= 0.3 is 0 Å². The highest BCUT2D eigenvalue weighted by Gasteiger charge is 2.05. The molecule has 0 spiro atoms. The Hall–Kier alpha value is -3.11. The molecule has 2 aromatic heterocycles. The third-order valence-electron chi connectivity index (χ3n) is 4.78. The maximum absolute atomic E-state index is 11.2. The van der Waals surface area contributed by atoms with Crippen LogP contribution in [-0.4, -0.2) is 63.0 Å². The van der Waals surface area contributed by atoms with Crippen LogP contribution in [-0.2, 0) is 9.53 Å². The van der Waals surface area contributed by atoms with Gasteiger partial charge in [0.2, 0.25) is 7.41 Å². The zero-order chi connectivity index (χ0) is 24.6. The summed E-state index contributed by atoms with van der Waals surface area (Å²) in [5.41, 5.74) is 2.61. The molecule has 2 N–H and O–H groups in total. The van der Waals surface area contributed by atoms with Crippen LogP contribution in [0.1, 0.15) is 29.6 Å². The van der Waals surface area contributed by atoms with Crippen molar-refractivity contribution in [2.24, 2.45) is 0 Å². The second-order valence-electron chi connectivity index (χ2n) is 7.18. The lowest BCUT2D eigenvalue weighted by Crippen LogP contribution is -2.24. The van der Waals surface area contributed by atoms with Crippen molar-refractivity contribution in [3.8, 4) is 17.0 Å². The number of benzene rings is 1. The van der Waals surface area contributed by atoms with Gasteiger partial charge in [-0.2, -0.15) is 0 Å². The number of aromatic nitrogens is 2. The number of carbonyl (C=O) groups is 2. The van der Waals surface area contributed by atoms with Gasteiger partial charge in [-0.1, -0.05) is 19.0 Å². The van der Waals surface area contributed by atoms with Gasteiger partial charge in [0.25, 0.3) is 5.91 Å². The lowest BCUT2D eigenvalue weighted by molar-refractivity contribution is -0.107. The molecular weight excluding hydrogens is 451 g/mol. The van der Waals surface area contributed by atoms with Gasteiger partial charge in [-0.25, -0.2) is 4.98 Å². The largest absolute Gasteiger partial charge is 0.497 e. The molecule has 8 nitrogen and oxygen atoms in total. The molecule has 1 radical (unpaired) electrons. The Morgan fingerprint density at radius 3 is 2.62 bits per heavy atom. The van der Waals surface area contributed by atoms with Crippen LogP contribution in [0.4, 0.5) is 5.13 Å². The molecule has 1 saturated heterocycles. The van der Waals surface area contributed by atoms with Crippen molar-refractivity contribution in [3.05, 3.63) is 53.7 Å². The smallest absolute Gasteiger partial charge is 0.253 e. The molecule has 181 valence electrons. The number of thiazole rings is 1. The SMILES string of the molecule is C1CCOCC1.CNc1nc(-c2cccc(OC)c2)cs1.C[B]n1ccc(C(=O)NCC=O)c1. The fourth-order valence-electron chi connectivity index (χ4n) is 2.94. The molecule has 0 unspecified atom stereocenters. The van der Waals surface area contributed by atoms with E-state index in [0.717, 1.165) is 35.4 Å². The Labute approximate surface area is 206 Å². The Balaban J connectivity index is 0.000000195. The van der Waals surface area contributed by atoms with Crippen LogP contribution in [0.3, 0.4) is 0 Å². The first kappa shape index (κ1) is 27.1. The highest BCUT2D eigenvalue weighted by molar-refractivity contribution is 7.14. The van der Waals surface area contributed by atoms with Gasteiger partial charge in [-0.3, -0.25) is 4.79 Å². The number of hydrogen-bond donors (Lipinski definition) is 2. The maximum atomic E-state index is 11.2. The molecule has 1 fully saturated rings. The molecule has 0 atom stereocenters. The first-order valence-electron chi connectivity index (χ1n) is 11.2. The van der Waals surface area contributed by atoms with E-state index in [1.807, 2.05) is 50.9 Å². The molecule has 1 aliphatic heterocycles. The van der Waals surface area contributed by atoms with Crippen LogP contribution in [0.25, 0.3) is 11.3 Å². The highest BCUT2D eigenvalue weighted by atomic mass is 32.1. The van der Waals surface area contributed by atoms with Crippen molar-refractivity contribution in [1.82, 2.24) is 14.8 Å². The molecule has 1 amide bonds. The van der Waals surface area contributed by atoms with Crippen LogP contribution in [0.15, 0.2) is 48.1 Å². The molecule has 10 heteroatoms. The number of anilines is 1. The summed E-state index contributed by atoms with van der Waals surface area (Å²) < 4.78 is 12.0. The molecule has 34 heavy (non-hydrogen) atoms. The predicted octanol–water partition coefficient (Wildman–Crippen LogP) is 3.98. The second-order valence-corrected chi connectivity index (χ2v) is 8.03. The molecule has 0 saturated carbocycles. The number of aldehydes is 1. The molecule has 0 bridgehead atoms. The number of carbonyl (C=O) groups excluding carboxylic acids is 2. The maximum Gasteiger partial charge on any atom is 0.253 e. The molecule has 0 aliphatic carbocycles. The monoisotopic (exact) mass is 483 g/mol. The third kappa shape index (κ3) is 9.40. The van der Waals surface area contributed by atoms with Crippen molar-refractivity contribution in [2.75, 3.05) is 39.2 Å². The minimum atomic E-state index is -0.229. The van der Waals surface area contributed by atoms with E-state index in [1.54, 1.807) is 41.4 Å². The minimum Gasteiger partial charge on any atom is -0.497 e. The van der Waals surface area contributed by atoms with Crippen molar-refractivity contribution in [3.63, 3.8) is 0 Å². The first-order chi connectivity index (χ1) is 16.6. The average Bonchev–Trinajstić information content (AvgIpc) is 3.59. The summed E-state index contributed by atoms with van der Waals surface area (Å²) in [5, 5.41) is 8.43. The summed E-state index contributed by atoms with van der Waals surface area (Å²) in [7, 11) is 5.36. The van der Waals surface area contributed by atoms with E-state index >= 15 is 0 Å². The number of amides is 1. The standard InChI is InChI=1S/C11H12N2OS.C8H10BN2O2.C5H10O/c1-12-11-13-10(7-15-11)8-4-3-5-9(6-8)14-2;1-9-11-4-2-7(6-11)8(13)10-3-5-12;1-2-4-6-5-3-1/h3-7H,1-2H3,(H,12,13);2,4-6H,3H2,1H3,(H,10,13);1-5H2. The van der Waals surface area contributed by atoms with Gasteiger partial charge in [0, 0.05) is 37.4 Å². The minimum absolute atomic E-state index is 0.0554. The summed E-state index contributed by atoms with van der Waals surface area (Å²) in [6.07, 6.45) is 8.05. The van der Waals surface area contributed by atoms with Crippen LogP contribution in [0, 0.1) is 0 Å². The average molecular weight is 483 g/mol. The van der Waals surface area contributed by atoms with E-state index in [9.17, 15) is 9.59 Å². The van der Waals surface area contributed by atoms with Crippen LogP contribution in [0.5, 0.6) is 5.75 Å². The number of nitrogens with one attached hydrogen (secondary N) is 2. The first-order valence-corrected chi connectivity index (χ1v) is 12.0. The predicted molar refractivity (Wildman–Crippen MR) is 138 cm³/mol. The number of nitrogens with zero attached hydrogens (tertiary/aromatic N) is 2. The van der Waals surface area contributed by atoms with E-state index in [1.165, 1.54) is 19.3 Å². The molecule has 4 rings (SSSR count). The van der Waals surface area contributed by atoms with E-state index in [2.05, 4.69) is 15.6 Å². The Kier molecular flexibility index (Phi) is 12.5. The summed E-state index contributed by atoms with van der Waals surface area (Å²) in [4.78, 5) is 25.6. The topological polar surface area (TPSA) is 94.5 Å². The third-order valence-corrected chi connectivity index (χ3v) is 5.64. The van der Waals surface area contributed by atoms with Crippen LogP contribution < -0.4 is 15.4 Å². The summed E-state index contributed by atoms with van der Waals surface area (Å²) >= 11 is 1.59. The van der Waals surface area contributed by atoms with Crippen molar-refractivity contribution >= 4 is 36.1 Å². The van der Waals surface area contributed by atoms with Crippen molar-refractivity contribution < 1.29 is 19.1 Å². The number of hydrogen-bond acceptors (Lipinski definition) is 7. The van der Waals surface area contributed by atoms with Gasteiger partial charge in [-0.15, -0.1) is 11.3 Å². The van der Waals surface area contributed by atoms with E-state index in [0.29, 0.717) is 11.8 Å². The van der Waals surface area contributed by atoms with Crippen molar-refractivity contribution in [1.29, 1.82) is 0 Å². The summed E-state index contributed by atoms with van der Waals surface area (Å²) in [5.74, 6) is 0.624. The second kappa shape index (κ2) is 15.7. The summed E-state index contributed by atoms with van der Waals surface area (Å²) in [6.45, 7) is 3.92. The van der Waals surface area contributed by atoms with Gasteiger partial charge in [0.1, 0.15) is 12.0 Å². The molecular formula is C24H32BN4O4S. The lowest BCUT2D eigenvalue weighted by Gasteiger charge is -2.08. The zero-order valence-electron chi connectivity index (χ0n) is 20.0. The van der Waals surface area contributed by atoms with Crippen molar-refractivity contribution in [2.45, 2.75) is 26.1 Å². The summed E-state index contributed by atoms with van der Waals surface area (Å²) in [6, 6.07) is 9.59. The fourth-order valence-corrected chi connectivity index (χ4v) is 3.62. The lowest BCUT2D eigenvalue weighted by atomic mass is 10.0. The number of ether oxygens (including phenoxy) is 2. The fraction of sp³-hybridized carbons (Fsp3) is 0.375. The van der Waals surface area contributed by atoms with Gasteiger partial charge in [-0.05, 0) is 43.7 Å². The molecule has 1 aromatic carbocycles. The molecule has 3 aromatic rings. The van der Waals surface area contributed by atoms with E-state index < -0.39 is 0 Å². The van der Waals surface area contributed by atoms with E-state index in [4.69, 9.17) is 9.47 Å². The Morgan fingerprint density at radius 1 is 1.29 bits per heavy atom. The highest BCUT2D eigenvalue weighted by Crippen LogP contribution is 2.26. The quantitative estimate of drug-likeness (QED) is 0.390. The zero-order valence-corrected chi connectivity index (χ0v) is 20.8. The normalized spacial score (nSPS) is 12.2. The van der Waals surface area contributed by atoms with Gasteiger partial charge in [0.15, 0.2) is 5.13 Å². The Morgan fingerprint density at radius 2 is 2.09 bits per heavy atom. The van der Waals surface area contributed by atoms with Crippen LogP contribution >= 0.6 is 11.3 Å². The number of methoxy groups -OCH3 is 1. The van der Waals surface area contributed by atoms with Gasteiger partial charge < -0.3 is 29.4 Å². The number of rotatable bonds is 7. The van der Waals surface area contributed by atoms with Gasteiger partial charge in [0.05, 0.1) is 24.9 Å².